The van der Waals surface area contributed by atoms with Crippen molar-refractivity contribution in [3.05, 3.63) is 58.4 Å². The standard InChI is InChI=1S/C21H26N2O4/c1-7-23(20(25)16-11-9-8-10-12-16)15(4)19(24)17-13(2)18(21(26)27-6)22(5)14(17)3/h8-12,15H,7H2,1-6H3/t15-/m0/s1. The first-order valence-corrected chi connectivity index (χ1v) is 8.90. The van der Waals surface area contributed by atoms with E-state index in [-0.39, 0.29) is 11.7 Å². The molecule has 0 bridgehead atoms. The first-order chi connectivity index (χ1) is 12.8. The van der Waals surface area contributed by atoms with Crippen molar-refractivity contribution in [1.82, 2.24) is 9.47 Å². The van der Waals surface area contributed by atoms with Gasteiger partial charge in [-0.1, -0.05) is 18.2 Å². The average molecular weight is 370 g/mol. The van der Waals surface area contributed by atoms with E-state index in [4.69, 9.17) is 4.74 Å². The van der Waals surface area contributed by atoms with Crippen molar-refractivity contribution in [3.8, 4) is 0 Å². The van der Waals surface area contributed by atoms with Gasteiger partial charge >= 0.3 is 5.97 Å². The van der Waals surface area contributed by atoms with Gasteiger partial charge in [0.15, 0.2) is 5.78 Å². The number of hydrogen-bond donors (Lipinski definition) is 0. The zero-order chi connectivity index (χ0) is 20.3. The Morgan fingerprint density at radius 2 is 1.74 bits per heavy atom. The lowest BCUT2D eigenvalue weighted by molar-refractivity contribution is 0.0588. The Morgan fingerprint density at radius 1 is 1.15 bits per heavy atom. The Balaban J connectivity index is 2.42. The van der Waals surface area contributed by atoms with Crippen LogP contribution in [0.3, 0.4) is 0 Å². The van der Waals surface area contributed by atoms with E-state index in [0.29, 0.717) is 34.6 Å². The molecular weight excluding hydrogens is 344 g/mol. The van der Waals surface area contributed by atoms with Crippen molar-refractivity contribution in [3.63, 3.8) is 0 Å². The van der Waals surface area contributed by atoms with E-state index >= 15 is 0 Å². The van der Waals surface area contributed by atoms with Crippen molar-refractivity contribution in [2.45, 2.75) is 33.7 Å². The molecule has 0 unspecified atom stereocenters. The van der Waals surface area contributed by atoms with Gasteiger partial charge in [0.25, 0.3) is 5.91 Å². The quantitative estimate of drug-likeness (QED) is 0.579. The van der Waals surface area contributed by atoms with Crippen molar-refractivity contribution >= 4 is 17.7 Å². The lowest BCUT2D eigenvalue weighted by Crippen LogP contribution is -2.43. The Labute approximate surface area is 159 Å². The van der Waals surface area contributed by atoms with Gasteiger partial charge in [0.05, 0.1) is 13.2 Å². The highest BCUT2D eigenvalue weighted by Gasteiger charge is 2.32. The maximum atomic E-state index is 13.2. The van der Waals surface area contributed by atoms with Crippen LogP contribution in [-0.2, 0) is 11.8 Å². The van der Waals surface area contributed by atoms with Crippen LogP contribution in [0.5, 0.6) is 0 Å². The van der Waals surface area contributed by atoms with Crippen LogP contribution in [-0.4, -0.2) is 46.8 Å². The van der Waals surface area contributed by atoms with E-state index in [1.807, 2.05) is 13.0 Å². The number of carbonyl (C=O) groups excluding carboxylic acids is 3. The van der Waals surface area contributed by atoms with Crippen molar-refractivity contribution in [2.75, 3.05) is 13.7 Å². The molecule has 0 N–H and O–H groups in total. The Kier molecular flexibility index (Phi) is 6.20. The highest BCUT2D eigenvalue weighted by atomic mass is 16.5. The number of amides is 1. The molecular formula is C21H26N2O4. The Bertz CT molecular complexity index is 868. The number of carbonyl (C=O) groups is 3. The van der Waals surface area contributed by atoms with Crippen LogP contribution in [0.15, 0.2) is 30.3 Å². The van der Waals surface area contributed by atoms with Crippen LogP contribution < -0.4 is 0 Å². The summed E-state index contributed by atoms with van der Waals surface area (Å²) < 4.78 is 6.50. The van der Waals surface area contributed by atoms with Crippen molar-refractivity contribution in [1.29, 1.82) is 0 Å². The molecule has 27 heavy (non-hydrogen) atoms. The molecule has 2 rings (SSSR count). The van der Waals surface area contributed by atoms with Crippen molar-refractivity contribution < 1.29 is 19.1 Å². The third-order valence-electron chi connectivity index (χ3n) is 5.02. The zero-order valence-electron chi connectivity index (χ0n) is 16.7. The molecule has 0 aliphatic rings. The van der Waals surface area contributed by atoms with Gasteiger partial charge in [-0.05, 0) is 45.4 Å². The van der Waals surface area contributed by atoms with Crippen LogP contribution in [0, 0.1) is 13.8 Å². The number of benzene rings is 1. The Morgan fingerprint density at radius 3 is 2.26 bits per heavy atom. The van der Waals surface area contributed by atoms with Gasteiger partial charge in [-0.2, -0.15) is 0 Å². The van der Waals surface area contributed by atoms with Crippen LogP contribution in [0.1, 0.15) is 56.3 Å². The van der Waals surface area contributed by atoms with Gasteiger partial charge in [0, 0.05) is 30.4 Å². The zero-order valence-corrected chi connectivity index (χ0v) is 16.7. The minimum absolute atomic E-state index is 0.193. The van der Waals surface area contributed by atoms with Gasteiger partial charge in [-0.15, -0.1) is 0 Å². The molecule has 6 heteroatoms. The fraction of sp³-hybridized carbons (Fsp3) is 0.381. The Hall–Kier alpha value is -2.89. The molecule has 0 fully saturated rings. The van der Waals surface area contributed by atoms with Gasteiger partial charge in [0.2, 0.25) is 0 Å². The van der Waals surface area contributed by atoms with E-state index in [1.54, 1.807) is 61.6 Å². The second kappa shape index (κ2) is 8.20. The second-order valence-corrected chi connectivity index (χ2v) is 6.48. The number of esters is 1. The molecule has 0 aliphatic carbocycles. The third kappa shape index (κ3) is 3.65. The SMILES string of the molecule is CCN(C(=O)c1ccccc1)[C@@H](C)C(=O)c1c(C)c(C(=O)OC)n(C)c1C. The molecule has 1 atom stereocenters. The number of ketones is 1. The number of rotatable bonds is 6. The summed E-state index contributed by atoms with van der Waals surface area (Å²) in [5.41, 5.74) is 2.60. The molecule has 0 saturated carbocycles. The number of methoxy groups -OCH3 is 1. The fourth-order valence-corrected chi connectivity index (χ4v) is 3.42. The molecule has 6 nitrogen and oxygen atoms in total. The normalized spacial score (nSPS) is 11.8. The number of aromatic nitrogens is 1. The van der Waals surface area contributed by atoms with Gasteiger partial charge < -0.3 is 14.2 Å². The lowest BCUT2D eigenvalue weighted by atomic mass is 9.99. The molecule has 1 aromatic heterocycles. The summed E-state index contributed by atoms with van der Waals surface area (Å²) in [5.74, 6) is -0.877. The molecule has 2 aromatic rings. The summed E-state index contributed by atoms with van der Waals surface area (Å²) in [5, 5.41) is 0. The van der Waals surface area contributed by atoms with Crippen molar-refractivity contribution in [2.24, 2.45) is 7.05 Å². The van der Waals surface area contributed by atoms with E-state index in [0.717, 1.165) is 0 Å². The highest BCUT2D eigenvalue weighted by Crippen LogP contribution is 2.25. The smallest absolute Gasteiger partial charge is 0.354 e. The average Bonchev–Trinajstić information content (AvgIpc) is 2.90. The van der Waals surface area contributed by atoms with E-state index in [2.05, 4.69) is 0 Å². The fourth-order valence-electron chi connectivity index (χ4n) is 3.42. The number of hydrogen-bond acceptors (Lipinski definition) is 4. The largest absolute Gasteiger partial charge is 0.464 e. The molecule has 1 aromatic carbocycles. The van der Waals surface area contributed by atoms with Crippen LogP contribution >= 0.6 is 0 Å². The molecule has 0 spiro atoms. The molecule has 144 valence electrons. The van der Waals surface area contributed by atoms with E-state index in [9.17, 15) is 14.4 Å². The van der Waals surface area contributed by atoms with Crippen LogP contribution in [0.25, 0.3) is 0 Å². The van der Waals surface area contributed by atoms with E-state index in [1.165, 1.54) is 7.11 Å². The maximum absolute atomic E-state index is 13.2. The van der Waals surface area contributed by atoms with Gasteiger partial charge in [-0.3, -0.25) is 9.59 Å². The van der Waals surface area contributed by atoms with Gasteiger partial charge in [-0.25, -0.2) is 4.79 Å². The first-order valence-electron chi connectivity index (χ1n) is 8.90. The summed E-state index contributed by atoms with van der Waals surface area (Å²) in [7, 11) is 3.04. The van der Waals surface area contributed by atoms with Gasteiger partial charge in [0.1, 0.15) is 5.69 Å². The second-order valence-electron chi connectivity index (χ2n) is 6.48. The molecule has 1 amide bonds. The topological polar surface area (TPSA) is 68.6 Å². The summed E-state index contributed by atoms with van der Waals surface area (Å²) in [6.45, 7) is 7.48. The van der Waals surface area contributed by atoms with Crippen LogP contribution in [0.2, 0.25) is 0 Å². The van der Waals surface area contributed by atoms with E-state index < -0.39 is 12.0 Å². The minimum Gasteiger partial charge on any atom is -0.464 e. The third-order valence-corrected chi connectivity index (χ3v) is 5.02. The van der Waals surface area contributed by atoms with Crippen LogP contribution in [0.4, 0.5) is 0 Å². The number of Topliss-reactive ketones (excluding diaryl/α,β-unsaturated/α-hetero) is 1. The summed E-state index contributed by atoms with van der Waals surface area (Å²) in [6.07, 6.45) is 0. The summed E-state index contributed by atoms with van der Waals surface area (Å²) in [6, 6.07) is 8.23. The minimum atomic E-state index is -0.659. The monoisotopic (exact) mass is 370 g/mol. The predicted molar refractivity (Wildman–Crippen MR) is 103 cm³/mol. The molecule has 1 heterocycles. The number of nitrogens with zero attached hydrogens (tertiary/aromatic N) is 2. The lowest BCUT2D eigenvalue weighted by Gasteiger charge is -2.27. The molecule has 0 radical (unpaired) electrons. The molecule has 0 saturated heterocycles. The summed E-state index contributed by atoms with van der Waals surface area (Å²) in [4.78, 5) is 39.7. The number of ether oxygens (including phenoxy) is 1. The molecule has 0 aliphatic heterocycles. The number of likely N-dealkylation sites (N-methyl/N-ethyl adjacent to an activating group) is 1. The summed E-state index contributed by atoms with van der Waals surface area (Å²) >= 11 is 0. The maximum Gasteiger partial charge on any atom is 0.354 e. The highest BCUT2D eigenvalue weighted by molar-refractivity contribution is 6.07. The first kappa shape index (κ1) is 20.4. The predicted octanol–water partition coefficient (Wildman–Crippen LogP) is 3.16.